The maximum atomic E-state index is 12.6. The number of rotatable bonds is 7. The zero-order valence-corrected chi connectivity index (χ0v) is 19.2. The minimum absolute atomic E-state index is 0.147. The van der Waals surface area contributed by atoms with E-state index in [2.05, 4.69) is 15.5 Å². The molecule has 0 aliphatic carbocycles. The van der Waals surface area contributed by atoms with Crippen molar-refractivity contribution in [1.82, 2.24) is 14.8 Å². The molecule has 0 spiro atoms. The lowest BCUT2D eigenvalue weighted by Gasteiger charge is -2.11. The van der Waals surface area contributed by atoms with Gasteiger partial charge in [0.1, 0.15) is 5.75 Å². The van der Waals surface area contributed by atoms with E-state index in [4.69, 9.17) is 16.3 Å². The molecule has 0 fully saturated rings. The SMILES string of the molecule is COc1cccc(-c2nnc(SCC(=O)Nc3cc(Cl)ccc3C)n2-c2ccccc2)c1. The highest BCUT2D eigenvalue weighted by molar-refractivity contribution is 7.99. The number of anilines is 1. The molecule has 4 aromatic rings. The molecular formula is C24H21ClN4O2S. The molecule has 8 heteroatoms. The minimum Gasteiger partial charge on any atom is -0.497 e. The normalized spacial score (nSPS) is 10.7. The maximum Gasteiger partial charge on any atom is 0.234 e. The number of hydrogen-bond acceptors (Lipinski definition) is 5. The smallest absolute Gasteiger partial charge is 0.234 e. The third kappa shape index (κ3) is 4.95. The Hall–Kier alpha value is -3.29. The van der Waals surface area contributed by atoms with E-state index in [1.165, 1.54) is 11.8 Å². The molecule has 162 valence electrons. The number of methoxy groups -OCH3 is 1. The lowest BCUT2D eigenvalue weighted by molar-refractivity contribution is -0.113. The van der Waals surface area contributed by atoms with E-state index in [9.17, 15) is 4.79 Å². The summed E-state index contributed by atoms with van der Waals surface area (Å²) in [4.78, 5) is 12.6. The molecule has 0 unspecified atom stereocenters. The summed E-state index contributed by atoms with van der Waals surface area (Å²) in [6.07, 6.45) is 0. The Kier molecular flexibility index (Phi) is 6.78. The van der Waals surface area contributed by atoms with Gasteiger partial charge in [0, 0.05) is 22.0 Å². The molecule has 1 N–H and O–H groups in total. The van der Waals surface area contributed by atoms with Crippen LogP contribution in [0.5, 0.6) is 5.75 Å². The summed E-state index contributed by atoms with van der Waals surface area (Å²) in [6.45, 7) is 1.92. The van der Waals surface area contributed by atoms with Crippen LogP contribution in [0.15, 0.2) is 78.0 Å². The molecule has 0 bridgehead atoms. The monoisotopic (exact) mass is 464 g/mol. The van der Waals surface area contributed by atoms with Crippen molar-refractivity contribution in [2.75, 3.05) is 18.2 Å². The van der Waals surface area contributed by atoms with Crippen molar-refractivity contribution in [3.63, 3.8) is 0 Å². The van der Waals surface area contributed by atoms with Gasteiger partial charge in [0.05, 0.1) is 12.9 Å². The van der Waals surface area contributed by atoms with Crippen molar-refractivity contribution in [2.24, 2.45) is 0 Å². The molecule has 0 atom stereocenters. The molecule has 4 rings (SSSR count). The van der Waals surface area contributed by atoms with Crippen molar-refractivity contribution in [1.29, 1.82) is 0 Å². The Morgan fingerprint density at radius 2 is 1.88 bits per heavy atom. The van der Waals surface area contributed by atoms with Crippen LogP contribution < -0.4 is 10.1 Å². The number of carbonyl (C=O) groups excluding carboxylic acids is 1. The van der Waals surface area contributed by atoms with Gasteiger partial charge < -0.3 is 10.1 Å². The van der Waals surface area contributed by atoms with Crippen LogP contribution in [0.3, 0.4) is 0 Å². The van der Waals surface area contributed by atoms with Crippen LogP contribution in [0.2, 0.25) is 5.02 Å². The van der Waals surface area contributed by atoms with Crippen LogP contribution in [0, 0.1) is 6.92 Å². The van der Waals surface area contributed by atoms with Crippen LogP contribution in [0.1, 0.15) is 5.56 Å². The lowest BCUT2D eigenvalue weighted by Crippen LogP contribution is -2.15. The second-order valence-electron chi connectivity index (χ2n) is 7.01. The van der Waals surface area contributed by atoms with Crippen LogP contribution in [0.25, 0.3) is 17.1 Å². The van der Waals surface area contributed by atoms with E-state index < -0.39 is 0 Å². The van der Waals surface area contributed by atoms with E-state index in [0.29, 0.717) is 21.7 Å². The number of aromatic nitrogens is 3. The zero-order valence-electron chi connectivity index (χ0n) is 17.6. The fourth-order valence-corrected chi connectivity index (χ4v) is 4.09. The van der Waals surface area contributed by atoms with Gasteiger partial charge in [0.15, 0.2) is 11.0 Å². The average Bonchev–Trinajstić information content (AvgIpc) is 3.25. The summed E-state index contributed by atoms with van der Waals surface area (Å²) in [5.41, 5.74) is 3.42. The van der Waals surface area contributed by atoms with Gasteiger partial charge in [0.2, 0.25) is 5.91 Å². The predicted octanol–water partition coefficient (Wildman–Crippen LogP) is 5.64. The van der Waals surface area contributed by atoms with Crippen LogP contribution >= 0.6 is 23.4 Å². The van der Waals surface area contributed by atoms with Crippen molar-refractivity contribution >= 4 is 35.0 Å². The van der Waals surface area contributed by atoms with E-state index in [-0.39, 0.29) is 11.7 Å². The standard InChI is InChI=1S/C24H21ClN4O2S/c1-16-11-12-18(25)14-21(16)26-22(30)15-32-24-28-27-23(17-7-6-10-20(13-17)31-2)29(24)19-8-4-3-5-9-19/h3-14H,15H2,1-2H3,(H,26,30). The number of halogens is 1. The lowest BCUT2D eigenvalue weighted by atomic mass is 10.2. The summed E-state index contributed by atoms with van der Waals surface area (Å²) in [5.74, 6) is 1.43. The fourth-order valence-electron chi connectivity index (χ4n) is 3.17. The van der Waals surface area contributed by atoms with Gasteiger partial charge in [0.25, 0.3) is 0 Å². The van der Waals surface area contributed by atoms with Crippen LogP contribution in [-0.2, 0) is 4.79 Å². The first kappa shape index (κ1) is 21.9. The molecule has 0 aliphatic heterocycles. The molecule has 0 radical (unpaired) electrons. The molecule has 0 saturated heterocycles. The van der Waals surface area contributed by atoms with Gasteiger partial charge in [-0.1, -0.05) is 59.8 Å². The Balaban J connectivity index is 1.60. The summed E-state index contributed by atoms with van der Waals surface area (Å²) < 4.78 is 7.30. The second kappa shape index (κ2) is 9.89. The largest absolute Gasteiger partial charge is 0.497 e. The van der Waals surface area contributed by atoms with Gasteiger partial charge in [-0.15, -0.1) is 10.2 Å². The third-order valence-corrected chi connectivity index (χ3v) is 5.95. The van der Waals surface area contributed by atoms with Crippen molar-refractivity contribution in [3.8, 4) is 22.8 Å². The molecule has 3 aromatic carbocycles. The number of thioether (sulfide) groups is 1. The predicted molar refractivity (Wildman–Crippen MR) is 129 cm³/mol. The van der Waals surface area contributed by atoms with Crippen molar-refractivity contribution in [2.45, 2.75) is 12.1 Å². The Labute approximate surface area is 195 Å². The third-order valence-electron chi connectivity index (χ3n) is 4.78. The molecule has 0 saturated carbocycles. The van der Waals surface area contributed by atoms with Gasteiger partial charge in [-0.25, -0.2) is 0 Å². The molecule has 1 heterocycles. The number of nitrogens with zero attached hydrogens (tertiary/aromatic N) is 3. The van der Waals surface area contributed by atoms with Gasteiger partial charge in [-0.2, -0.15) is 0 Å². The highest BCUT2D eigenvalue weighted by atomic mass is 35.5. The number of hydrogen-bond donors (Lipinski definition) is 1. The summed E-state index contributed by atoms with van der Waals surface area (Å²) >= 11 is 7.38. The zero-order chi connectivity index (χ0) is 22.5. The average molecular weight is 465 g/mol. The number of amides is 1. The van der Waals surface area contributed by atoms with Crippen molar-refractivity contribution in [3.05, 3.63) is 83.4 Å². The Morgan fingerprint density at radius 3 is 2.66 bits per heavy atom. The molecule has 0 aliphatic rings. The van der Waals surface area contributed by atoms with Crippen LogP contribution in [-0.4, -0.2) is 33.5 Å². The first-order valence-electron chi connectivity index (χ1n) is 9.89. The molecule has 6 nitrogen and oxygen atoms in total. The number of benzene rings is 3. The number of carbonyl (C=O) groups is 1. The molecule has 1 amide bonds. The highest BCUT2D eigenvalue weighted by Crippen LogP contribution is 2.30. The Bertz CT molecular complexity index is 1240. The van der Waals surface area contributed by atoms with E-state index in [1.807, 2.05) is 72.2 Å². The Morgan fingerprint density at radius 1 is 1.06 bits per heavy atom. The molecule has 32 heavy (non-hydrogen) atoms. The quantitative estimate of drug-likeness (QED) is 0.359. The van der Waals surface area contributed by atoms with Gasteiger partial charge in [-0.05, 0) is 48.9 Å². The summed E-state index contributed by atoms with van der Waals surface area (Å²) in [6, 6.07) is 22.9. The minimum atomic E-state index is -0.147. The van der Waals surface area contributed by atoms with Gasteiger partial charge >= 0.3 is 0 Å². The topological polar surface area (TPSA) is 69.0 Å². The highest BCUT2D eigenvalue weighted by Gasteiger charge is 2.18. The summed E-state index contributed by atoms with van der Waals surface area (Å²) in [5, 5.41) is 12.9. The second-order valence-corrected chi connectivity index (χ2v) is 8.38. The number of para-hydroxylation sites is 1. The molecule has 1 aromatic heterocycles. The van der Waals surface area contributed by atoms with E-state index in [1.54, 1.807) is 19.2 Å². The molecular weight excluding hydrogens is 444 g/mol. The number of ether oxygens (including phenoxy) is 1. The number of nitrogens with one attached hydrogen (secondary N) is 1. The summed E-state index contributed by atoms with van der Waals surface area (Å²) in [7, 11) is 1.63. The number of aryl methyl sites for hydroxylation is 1. The fraction of sp³-hybridized carbons (Fsp3) is 0.125. The maximum absolute atomic E-state index is 12.6. The first-order chi connectivity index (χ1) is 15.5. The van der Waals surface area contributed by atoms with Crippen LogP contribution in [0.4, 0.5) is 5.69 Å². The first-order valence-corrected chi connectivity index (χ1v) is 11.3. The van der Waals surface area contributed by atoms with Gasteiger partial charge in [-0.3, -0.25) is 9.36 Å². The van der Waals surface area contributed by atoms with E-state index in [0.717, 1.165) is 22.6 Å². The van der Waals surface area contributed by atoms with Crippen molar-refractivity contribution < 1.29 is 9.53 Å². The van der Waals surface area contributed by atoms with E-state index >= 15 is 0 Å².